The van der Waals surface area contributed by atoms with E-state index in [1.807, 2.05) is 35.6 Å². The van der Waals surface area contributed by atoms with Crippen LogP contribution in [0, 0.1) is 0 Å². The zero-order chi connectivity index (χ0) is 37.0. The molecule has 0 bridgehead atoms. The van der Waals surface area contributed by atoms with Gasteiger partial charge in [-0.05, 0) is 46.5 Å². The molecule has 11 rings (SSSR count). The van der Waals surface area contributed by atoms with Crippen LogP contribution in [0.5, 0.6) is 0 Å². The molecular weight excluding hydrogens is 701 g/mol. The van der Waals surface area contributed by atoms with Gasteiger partial charge >= 0.3 is 0 Å². The van der Waals surface area contributed by atoms with Gasteiger partial charge in [-0.3, -0.25) is 0 Å². The molecule has 8 aromatic carbocycles. The van der Waals surface area contributed by atoms with Gasteiger partial charge in [-0.2, -0.15) is 0 Å². The first-order valence-corrected chi connectivity index (χ1v) is 19.6. The predicted molar refractivity (Wildman–Crippen MR) is 234 cm³/mol. The fourth-order valence-corrected chi connectivity index (χ4v) is 9.35. The summed E-state index contributed by atoms with van der Waals surface area (Å²) in [6.07, 6.45) is 0. The van der Waals surface area contributed by atoms with E-state index in [4.69, 9.17) is 15.0 Å². The highest BCUT2D eigenvalue weighted by Gasteiger charge is 2.22. The summed E-state index contributed by atoms with van der Waals surface area (Å²) in [6.45, 7) is 0. The maximum Gasteiger partial charge on any atom is 0.166 e. The second-order valence-corrected chi connectivity index (χ2v) is 15.0. The molecule has 11 aromatic rings. The average molecular weight is 733 g/mol. The van der Waals surface area contributed by atoms with E-state index in [9.17, 15) is 0 Å². The Hall–Kier alpha value is -7.21. The van der Waals surface area contributed by atoms with Gasteiger partial charge in [0.15, 0.2) is 17.5 Å². The van der Waals surface area contributed by atoms with Gasteiger partial charge < -0.3 is 4.57 Å². The lowest BCUT2D eigenvalue weighted by Gasteiger charge is -2.15. The summed E-state index contributed by atoms with van der Waals surface area (Å²) in [5.74, 6) is 1.89. The lowest BCUT2D eigenvalue weighted by molar-refractivity contribution is 1.06. The van der Waals surface area contributed by atoms with Crippen LogP contribution in [0.15, 0.2) is 194 Å². The van der Waals surface area contributed by atoms with Crippen molar-refractivity contribution in [3.05, 3.63) is 194 Å². The quantitative estimate of drug-likeness (QED) is 0.171. The van der Waals surface area contributed by atoms with Gasteiger partial charge in [0.2, 0.25) is 0 Å². The average Bonchev–Trinajstić information content (AvgIpc) is 3.83. The highest BCUT2D eigenvalue weighted by atomic mass is 32.1. The van der Waals surface area contributed by atoms with Crippen LogP contribution in [0.25, 0.3) is 104 Å². The molecule has 0 fully saturated rings. The fraction of sp³-hybridized carbons (Fsp3) is 0. The molecule has 0 atom stereocenters. The summed E-state index contributed by atoms with van der Waals surface area (Å²) >= 11 is 1.86. The molecule has 3 aromatic heterocycles. The van der Waals surface area contributed by atoms with Crippen LogP contribution in [0.4, 0.5) is 0 Å². The van der Waals surface area contributed by atoms with E-state index in [-0.39, 0.29) is 0 Å². The Bertz CT molecular complexity index is 3220. The number of hydrogen-bond donors (Lipinski definition) is 0. The standard InChI is InChI=1S/C51H32N4S/c1-4-15-33(16-5-1)34-27-29-37(30-28-34)50-52-49(36-19-8-3-9-20-36)53-51(54-50)41-22-11-13-25-44(41)55-43-24-12-10-21-39(43)40-31-32-42-46-38(35-17-6-2-7-18-35)23-14-26-45(46)56-48(42)47(40)55/h1-32H. The maximum atomic E-state index is 5.24. The number of aromatic nitrogens is 4. The molecule has 5 heteroatoms. The number of hydrogen-bond acceptors (Lipinski definition) is 4. The molecule has 0 aliphatic rings. The number of rotatable bonds is 6. The predicted octanol–water partition coefficient (Wildman–Crippen LogP) is 13.7. The highest BCUT2D eigenvalue weighted by molar-refractivity contribution is 7.26. The number of nitrogens with zero attached hydrogens (tertiary/aromatic N) is 4. The Labute approximate surface area is 327 Å². The topological polar surface area (TPSA) is 43.6 Å². The van der Waals surface area contributed by atoms with Gasteiger partial charge in [0.05, 0.1) is 21.4 Å². The van der Waals surface area contributed by atoms with Crippen LogP contribution >= 0.6 is 11.3 Å². The molecule has 3 heterocycles. The molecule has 0 spiro atoms. The zero-order valence-electron chi connectivity index (χ0n) is 30.2. The third kappa shape index (κ3) is 5.32. The second-order valence-electron chi connectivity index (χ2n) is 14.0. The van der Waals surface area contributed by atoms with E-state index in [0.717, 1.165) is 33.5 Å². The minimum absolute atomic E-state index is 0.623. The second kappa shape index (κ2) is 13.3. The minimum Gasteiger partial charge on any atom is -0.307 e. The summed E-state index contributed by atoms with van der Waals surface area (Å²) in [6, 6.07) is 68.4. The maximum absolute atomic E-state index is 5.24. The van der Waals surface area contributed by atoms with E-state index in [1.165, 1.54) is 53.2 Å². The van der Waals surface area contributed by atoms with Crippen molar-refractivity contribution in [1.29, 1.82) is 0 Å². The largest absolute Gasteiger partial charge is 0.307 e. The first kappa shape index (κ1) is 32.2. The van der Waals surface area contributed by atoms with Crippen LogP contribution in [-0.2, 0) is 0 Å². The molecule has 262 valence electrons. The summed E-state index contributed by atoms with van der Waals surface area (Å²) in [7, 11) is 0. The van der Waals surface area contributed by atoms with Gasteiger partial charge in [0, 0.05) is 42.9 Å². The third-order valence-electron chi connectivity index (χ3n) is 10.7. The smallest absolute Gasteiger partial charge is 0.166 e. The van der Waals surface area contributed by atoms with Crippen molar-refractivity contribution in [3.63, 3.8) is 0 Å². The molecule has 0 N–H and O–H groups in total. The van der Waals surface area contributed by atoms with Gasteiger partial charge in [0.25, 0.3) is 0 Å². The van der Waals surface area contributed by atoms with Gasteiger partial charge in [0.1, 0.15) is 0 Å². The molecule has 0 saturated heterocycles. The minimum atomic E-state index is 0.623. The molecule has 0 saturated carbocycles. The van der Waals surface area contributed by atoms with Crippen molar-refractivity contribution < 1.29 is 0 Å². The summed E-state index contributed by atoms with van der Waals surface area (Å²) in [5, 5.41) is 4.97. The molecule has 0 unspecified atom stereocenters. The molecule has 0 aliphatic carbocycles. The first-order valence-electron chi connectivity index (χ1n) is 18.8. The molecule has 0 radical (unpaired) electrons. The Morgan fingerprint density at radius 2 is 0.893 bits per heavy atom. The van der Waals surface area contributed by atoms with Crippen LogP contribution in [0.2, 0.25) is 0 Å². The van der Waals surface area contributed by atoms with E-state index in [0.29, 0.717) is 17.5 Å². The number of thiophene rings is 1. The fourth-order valence-electron chi connectivity index (χ4n) is 8.08. The Morgan fingerprint density at radius 3 is 1.64 bits per heavy atom. The molecule has 56 heavy (non-hydrogen) atoms. The molecular formula is C51H32N4S. The van der Waals surface area contributed by atoms with Crippen LogP contribution in [0.3, 0.4) is 0 Å². The van der Waals surface area contributed by atoms with Crippen LogP contribution in [0.1, 0.15) is 0 Å². The Kier molecular flexibility index (Phi) is 7.64. The van der Waals surface area contributed by atoms with Gasteiger partial charge in [-0.15, -0.1) is 11.3 Å². The third-order valence-corrected chi connectivity index (χ3v) is 11.9. The lowest BCUT2D eigenvalue weighted by Crippen LogP contribution is -2.03. The number of para-hydroxylation sites is 2. The van der Waals surface area contributed by atoms with Crippen molar-refractivity contribution in [2.24, 2.45) is 0 Å². The molecule has 0 amide bonds. The summed E-state index contributed by atoms with van der Waals surface area (Å²) in [4.78, 5) is 15.5. The van der Waals surface area contributed by atoms with Gasteiger partial charge in [-0.25, -0.2) is 15.0 Å². The van der Waals surface area contributed by atoms with Crippen molar-refractivity contribution in [1.82, 2.24) is 19.5 Å². The monoisotopic (exact) mass is 732 g/mol. The molecule has 4 nitrogen and oxygen atoms in total. The van der Waals surface area contributed by atoms with Crippen molar-refractivity contribution in [3.8, 4) is 62.1 Å². The first-order chi connectivity index (χ1) is 27.8. The Balaban J connectivity index is 1.16. The summed E-state index contributed by atoms with van der Waals surface area (Å²) in [5.41, 5.74) is 10.9. The number of fused-ring (bicyclic) bond motifs is 7. The van der Waals surface area contributed by atoms with Crippen LogP contribution < -0.4 is 0 Å². The van der Waals surface area contributed by atoms with Crippen molar-refractivity contribution in [2.45, 2.75) is 0 Å². The summed E-state index contributed by atoms with van der Waals surface area (Å²) < 4.78 is 4.96. The molecule has 0 aliphatic heterocycles. The van der Waals surface area contributed by atoms with Crippen molar-refractivity contribution >= 4 is 53.3 Å². The van der Waals surface area contributed by atoms with E-state index >= 15 is 0 Å². The van der Waals surface area contributed by atoms with E-state index in [1.54, 1.807) is 0 Å². The lowest BCUT2D eigenvalue weighted by atomic mass is 9.99. The normalized spacial score (nSPS) is 11.6. The SMILES string of the molecule is c1ccc(-c2ccc(-c3nc(-c4ccccc4)nc(-c4ccccc4-n4c5ccccc5c5ccc6c(sc7cccc(-c8ccccc8)c76)c54)n3)cc2)cc1. The Morgan fingerprint density at radius 1 is 0.357 bits per heavy atom. The van der Waals surface area contributed by atoms with E-state index < -0.39 is 0 Å². The van der Waals surface area contributed by atoms with Gasteiger partial charge in [-0.1, -0.05) is 170 Å². The number of benzene rings is 8. The highest BCUT2D eigenvalue weighted by Crippen LogP contribution is 2.46. The zero-order valence-corrected chi connectivity index (χ0v) is 31.0. The van der Waals surface area contributed by atoms with Crippen LogP contribution in [-0.4, -0.2) is 19.5 Å². The van der Waals surface area contributed by atoms with Crippen molar-refractivity contribution in [2.75, 3.05) is 0 Å². The van der Waals surface area contributed by atoms with E-state index in [2.05, 4.69) is 174 Å².